The molecule has 1 amide bonds. The molecule has 0 bridgehead atoms. The number of carbonyl (C=O) groups is 1. The van der Waals surface area contributed by atoms with Crippen LogP contribution in [0.1, 0.15) is 32.4 Å². The molecule has 0 saturated carbocycles. The first-order valence-electron chi connectivity index (χ1n) is 5.98. The van der Waals surface area contributed by atoms with Crippen LogP contribution in [0.5, 0.6) is 5.75 Å². The van der Waals surface area contributed by atoms with Gasteiger partial charge in [-0.1, -0.05) is 18.2 Å². The molecule has 100 valence electrons. The number of ether oxygens (including phenoxy) is 1. The molecule has 2 N–H and O–H groups in total. The minimum atomic E-state index is -0.870. The number of hydrogen-bond acceptors (Lipinski definition) is 3. The number of rotatable bonds is 4. The Bertz CT molecular complexity index is 424. The van der Waals surface area contributed by atoms with E-state index in [1.54, 1.807) is 32.9 Å². The van der Waals surface area contributed by atoms with E-state index in [-0.39, 0.29) is 11.9 Å². The first kappa shape index (κ1) is 14.5. The quantitative estimate of drug-likeness (QED) is 0.888. The molecule has 1 aromatic rings. The van der Waals surface area contributed by atoms with E-state index in [1.807, 2.05) is 31.2 Å². The van der Waals surface area contributed by atoms with Gasteiger partial charge in [0.05, 0.1) is 18.7 Å². The maximum atomic E-state index is 12.1. The number of para-hydroxylation sites is 1. The lowest BCUT2D eigenvalue weighted by Gasteiger charge is -2.31. The summed E-state index contributed by atoms with van der Waals surface area (Å²) in [5.74, 6) is 0.681. The number of nitrogens with zero attached hydrogens (tertiary/aromatic N) is 1. The summed E-state index contributed by atoms with van der Waals surface area (Å²) in [6.45, 7) is 5.38. The van der Waals surface area contributed by atoms with Crippen LogP contribution < -0.4 is 10.5 Å². The third-order valence-electron chi connectivity index (χ3n) is 3.04. The molecule has 0 aromatic heterocycles. The first-order valence-corrected chi connectivity index (χ1v) is 5.98. The summed E-state index contributed by atoms with van der Waals surface area (Å²) in [5.41, 5.74) is 5.95. The predicted molar refractivity (Wildman–Crippen MR) is 72.4 cm³/mol. The van der Waals surface area contributed by atoms with Gasteiger partial charge in [0.25, 0.3) is 0 Å². The summed E-state index contributed by atoms with van der Waals surface area (Å²) in [4.78, 5) is 13.8. The lowest BCUT2D eigenvalue weighted by molar-refractivity contribution is -0.136. The number of hydrogen-bond donors (Lipinski definition) is 1. The van der Waals surface area contributed by atoms with Gasteiger partial charge in [0.15, 0.2) is 0 Å². The zero-order valence-electron chi connectivity index (χ0n) is 11.7. The molecule has 0 heterocycles. The molecule has 1 aromatic carbocycles. The van der Waals surface area contributed by atoms with Crippen molar-refractivity contribution in [2.75, 3.05) is 14.2 Å². The number of carbonyl (C=O) groups excluding carboxylic acids is 1. The predicted octanol–water partition coefficient (Wildman–Crippen LogP) is 1.95. The molecular formula is C14H22N2O2. The molecule has 0 spiro atoms. The molecule has 0 aliphatic rings. The van der Waals surface area contributed by atoms with Crippen molar-refractivity contribution in [3.8, 4) is 5.75 Å². The number of nitrogens with two attached hydrogens (primary N) is 1. The largest absolute Gasteiger partial charge is 0.496 e. The highest BCUT2D eigenvalue weighted by atomic mass is 16.5. The molecule has 0 aliphatic heterocycles. The molecule has 1 unspecified atom stereocenters. The Kier molecular flexibility index (Phi) is 4.35. The van der Waals surface area contributed by atoms with Crippen LogP contribution >= 0.6 is 0 Å². The Hall–Kier alpha value is -1.55. The van der Waals surface area contributed by atoms with Gasteiger partial charge in [-0.25, -0.2) is 0 Å². The number of likely N-dealkylation sites (N-methyl/N-ethyl adjacent to an activating group) is 1. The summed E-state index contributed by atoms with van der Waals surface area (Å²) in [6.07, 6.45) is 0. The van der Waals surface area contributed by atoms with Crippen LogP contribution in [0.4, 0.5) is 0 Å². The van der Waals surface area contributed by atoms with Crippen molar-refractivity contribution >= 4 is 5.91 Å². The zero-order valence-corrected chi connectivity index (χ0v) is 11.7. The second-order valence-electron chi connectivity index (χ2n) is 5.06. The molecule has 4 heteroatoms. The van der Waals surface area contributed by atoms with Crippen molar-refractivity contribution in [3.63, 3.8) is 0 Å². The highest BCUT2D eigenvalue weighted by Crippen LogP contribution is 2.28. The van der Waals surface area contributed by atoms with Crippen LogP contribution in [-0.2, 0) is 4.79 Å². The van der Waals surface area contributed by atoms with E-state index < -0.39 is 5.54 Å². The van der Waals surface area contributed by atoms with E-state index in [2.05, 4.69) is 0 Å². The Morgan fingerprint density at radius 3 is 2.44 bits per heavy atom. The second-order valence-corrected chi connectivity index (χ2v) is 5.06. The van der Waals surface area contributed by atoms with Crippen LogP contribution in [-0.4, -0.2) is 30.5 Å². The minimum absolute atomic E-state index is 0.0866. The smallest absolute Gasteiger partial charge is 0.242 e. The maximum absolute atomic E-state index is 12.1. The fraction of sp³-hybridized carbons (Fsp3) is 0.500. The highest BCUT2D eigenvalue weighted by molar-refractivity contribution is 5.85. The third kappa shape index (κ3) is 3.01. The van der Waals surface area contributed by atoms with Gasteiger partial charge in [-0.2, -0.15) is 0 Å². The topological polar surface area (TPSA) is 55.6 Å². The fourth-order valence-electron chi connectivity index (χ4n) is 1.85. The van der Waals surface area contributed by atoms with Gasteiger partial charge in [0, 0.05) is 12.6 Å². The summed E-state index contributed by atoms with van der Waals surface area (Å²) in [5, 5.41) is 0. The molecule has 0 saturated heterocycles. The maximum Gasteiger partial charge on any atom is 0.242 e. The van der Waals surface area contributed by atoms with Crippen molar-refractivity contribution < 1.29 is 9.53 Å². The van der Waals surface area contributed by atoms with E-state index in [9.17, 15) is 4.79 Å². The van der Waals surface area contributed by atoms with Crippen LogP contribution in [0.2, 0.25) is 0 Å². The van der Waals surface area contributed by atoms with Crippen LogP contribution in [0.15, 0.2) is 24.3 Å². The van der Waals surface area contributed by atoms with Gasteiger partial charge in [-0.15, -0.1) is 0 Å². The Labute approximate surface area is 109 Å². The van der Waals surface area contributed by atoms with E-state index in [4.69, 9.17) is 10.5 Å². The minimum Gasteiger partial charge on any atom is -0.496 e. The lowest BCUT2D eigenvalue weighted by Crippen LogP contribution is -2.50. The van der Waals surface area contributed by atoms with Gasteiger partial charge >= 0.3 is 0 Å². The van der Waals surface area contributed by atoms with Gasteiger partial charge in [-0.05, 0) is 26.8 Å². The molecule has 18 heavy (non-hydrogen) atoms. The van der Waals surface area contributed by atoms with Gasteiger partial charge in [-0.3, -0.25) is 4.79 Å². The van der Waals surface area contributed by atoms with Gasteiger partial charge in [0.2, 0.25) is 5.91 Å². The van der Waals surface area contributed by atoms with E-state index in [0.717, 1.165) is 11.3 Å². The lowest BCUT2D eigenvalue weighted by atomic mass is 10.0. The van der Waals surface area contributed by atoms with Crippen LogP contribution in [0.25, 0.3) is 0 Å². The normalized spacial score (nSPS) is 13.0. The Balaban J connectivity index is 3.00. The molecule has 1 rings (SSSR count). The van der Waals surface area contributed by atoms with Crippen molar-refractivity contribution in [3.05, 3.63) is 29.8 Å². The monoisotopic (exact) mass is 250 g/mol. The first-order chi connectivity index (χ1) is 8.29. The van der Waals surface area contributed by atoms with Gasteiger partial charge in [0.1, 0.15) is 5.75 Å². The van der Waals surface area contributed by atoms with E-state index in [0.29, 0.717) is 0 Å². The Morgan fingerprint density at radius 1 is 1.39 bits per heavy atom. The van der Waals surface area contributed by atoms with Crippen molar-refractivity contribution in [2.24, 2.45) is 5.73 Å². The zero-order chi connectivity index (χ0) is 13.9. The second kappa shape index (κ2) is 5.40. The highest BCUT2D eigenvalue weighted by Gasteiger charge is 2.29. The van der Waals surface area contributed by atoms with Crippen molar-refractivity contribution in [1.82, 2.24) is 4.90 Å². The van der Waals surface area contributed by atoms with E-state index in [1.165, 1.54) is 0 Å². The fourth-order valence-corrected chi connectivity index (χ4v) is 1.85. The number of amides is 1. The van der Waals surface area contributed by atoms with Crippen molar-refractivity contribution in [2.45, 2.75) is 32.4 Å². The average Bonchev–Trinajstić information content (AvgIpc) is 2.34. The molecule has 1 atom stereocenters. The van der Waals surface area contributed by atoms with E-state index >= 15 is 0 Å². The molecule has 0 fully saturated rings. The Morgan fingerprint density at radius 2 is 1.94 bits per heavy atom. The summed E-state index contributed by atoms with van der Waals surface area (Å²) < 4.78 is 5.31. The number of benzene rings is 1. The standard InChI is InChI=1S/C14H22N2O2/c1-10(16(4)13(17)14(2,3)15)11-8-6-7-9-12(11)18-5/h6-10H,15H2,1-5H3. The molecule has 0 radical (unpaired) electrons. The summed E-state index contributed by atoms with van der Waals surface area (Å²) in [6, 6.07) is 7.59. The average molecular weight is 250 g/mol. The van der Waals surface area contributed by atoms with Crippen molar-refractivity contribution in [1.29, 1.82) is 0 Å². The summed E-state index contributed by atoms with van der Waals surface area (Å²) in [7, 11) is 3.38. The molecular weight excluding hydrogens is 228 g/mol. The summed E-state index contributed by atoms with van der Waals surface area (Å²) >= 11 is 0. The van der Waals surface area contributed by atoms with Crippen LogP contribution in [0, 0.1) is 0 Å². The molecule has 0 aliphatic carbocycles. The molecule has 4 nitrogen and oxygen atoms in total. The number of methoxy groups -OCH3 is 1. The van der Waals surface area contributed by atoms with Crippen LogP contribution in [0.3, 0.4) is 0 Å². The van der Waals surface area contributed by atoms with Gasteiger partial charge < -0.3 is 15.4 Å². The third-order valence-corrected chi connectivity index (χ3v) is 3.04. The SMILES string of the molecule is COc1ccccc1C(C)N(C)C(=O)C(C)(C)N.